The number of hydrogen-bond acceptors (Lipinski definition) is 3. The van der Waals surface area contributed by atoms with Gasteiger partial charge in [0.15, 0.2) is 0 Å². The molecule has 2 fully saturated rings. The Morgan fingerprint density at radius 3 is 2.87 bits per heavy atom. The first kappa shape index (κ1) is 11.3. The molecule has 2 heterocycles. The van der Waals surface area contributed by atoms with E-state index in [9.17, 15) is 4.79 Å². The molecule has 0 saturated carbocycles. The summed E-state index contributed by atoms with van der Waals surface area (Å²) >= 11 is 1.83. The van der Waals surface area contributed by atoms with E-state index in [0.29, 0.717) is 6.04 Å². The third-order valence-electron chi connectivity index (χ3n) is 3.12. The molecule has 3 nitrogen and oxygen atoms in total. The monoisotopic (exact) mass is 228 g/mol. The summed E-state index contributed by atoms with van der Waals surface area (Å²) in [6, 6.07) is 0.369. The van der Waals surface area contributed by atoms with Crippen molar-refractivity contribution in [2.24, 2.45) is 0 Å². The van der Waals surface area contributed by atoms with Crippen LogP contribution in [0.5, 0.6) is 0 Å². The van der Waals surface area contributed by atoms with E-state index in [1.54, 1.807) is 0 Å². The summed E-state index contributed by atoms with van der Waals surface area (Å²) in [5.41, 5.74) is 0. The number of thioether (sulfide) groups is 1. The Morgan fingerprint density at radius 1 is 1.27 bits per heavy atom. The summed E-state index contributed by atoms with van der Waals surface area (Å²) < 4.78 is 0. The molecule has 1 unspecified atom stereocenters. The van der Waals surface area contributed by atoms with Gasteiger partial charge in [-0.3, -0.25) is 4.79 Å². The second-order valence-electron chi connectivity index (χ2n) is 4.41. The minimum Gasteiger partial charge on any atom is -0.351 e. The maximum Gasteiger partial charge on any atom is 0.233 e. The topological polar surface area (TPSA) is 41.1 Å². The van der Waals surface area contributed by atoms with Crippen LogP contribution >= 0.6 is 11.8 Å². The molecular weight excluding hydrogens is 208 g/mol. The number of nitrogens with one attached hydrogen (secondary N) is 2. The number of rotatable bonds is 2. The van der Waals surface area contributed by atoms with Crippen molar-refractivity contribution in [3.8, 4) is 0 Å². The number of hydrogen-bond donors (Lipinski definition) is 2. The lowest BCUT2D eigenvalue weighted by atomic mass is 10.1. The number of carbonyl (C=O) groups excluding carboxylic acids is 1. The van der Waals surface area contributed by atoms with E-state index in [-0.39, 0.29) is 11.2 Å². The van der Waals surface area contributed by atoms with E-state index in [0.717, 1.165) is 31.7 Å². The first-order chi connectivity index (χ1) is 7.36. The Labute approximate surface area is 95.8 Å². The smallest absolute Gasteiger partial charge is 0.233 e. The van der Waals surface area contributed by atoms with E-state index in [2.05, 4.69) is 10.6 Å². The molecule has 2 aliphatic heterocycles. The Bertz CT molecular complexity index is 211. The molecule has 4 heteroatoms. The summed E-state index contributed by atoms with van der Waals surface area (Å²) in [6.07, 6.45) is 5.88. The van der Waals surface area contributed by atoms with Crippen LogP contribution in [0.25, 0.3) is 0 Å². The SMILES string of the molecule is O=C(N[C@H]1CCCNC1)C1CCCCS1. The lowest BCUT2D eigenvalue weighted by molar-refractivity contribution is -0.121. The quantitative estimate of drug-likeness (QED) is 0.745. The van der Waals surface area contributed by atoms with Crippen molar-refractivity contribution in [2.75, 3.05) is 18.8 Å². The van der Waals surface area contributed by atoms with E-state index in [1.165, 1.54) is 19.3 Å². The molecular formula is C11H20N2OS. The summed E-state index contributed by atoms with van der Waals surface area (Å²) in [7, 11) is 0. The van der Waals surface area contributed by atoms with Gasteiger partial charge in [0.05, 0.1) is 5.25 Å². The van der Waals surface area contributed by atoms with E-state index >= 15 is 0 Å². The highest BCUT2D eigenvalue weighted by molar-refractivity contribution is 8.00. The van der Waals surface area contributed by atoms with Gasteiger partial charge in [-0.1, -0.05) is 6.42 Å². The van der Waals surface area contributed by atoms with Gasteiger partial charge in [0.2, 0.25) is 5.91 Å². The molecule has 1 amide bonds. The lowest BCUT2D eigenvalue weighted by Gasteiger charge is -2.27. The minimum absolute atomic E-state index is 0.223. The third kappa shape index (κ3) is 3.38. The van der Waals surface area contributed by atoms with Gasteiger partial charge < -0.3 is 10.6 Å². The zero-order valence-electron chi connectivity index (χ0n) is 9.13. The molecule has 0 spiro atoms. The zero-order valence-corrected chi connectivity index (χ0v) is 9.94. The van der Waals surface area contributed by atoms with Crippen molar-refractivity contribution in [1.29, 1.82) is 0 Å². The van der Waals surface area contributed by atoms with E-state index in [4.69, 9.17) is 0 Å². The third-order valence-corrected chi connectivity index (χ3v) is 4.49. The molecule has 0 bridgehead atoms. The van der Waals surface area contributed by atoms with Crippen LogP contribution in [-0.2, 0) is 4.79 Å². The number of piperidine rings is 1. The minimum atomic E-state index is 0.223. The van der Waals surface area contributed by atoms with Crippen LogP contribution in [-0.4, -0.2) is 36.0 Å². The Morgan fingerprint density at radius 2 is 2.20 bits per heavy atom. The largest absolute Gasteiger partial charge is 0.351 e. The summed E-state index contributed by atoms with van der Waals surface area (Å²) in [4.78, 5) is 11.9. The molecule has 0 aliphatic carbocycles. The van der Waals surface area contributed by atoms with Crippen molar-refractivity contribution in [2.45, 2.75) is 43.4 Å². The predicted octanol–water partition coefficient (Wildman–Crippen LogP) is 1.14. The number of amides is 1. The second-order valence-corrected chi connectivity index (χ2v) is 5.72. The van der Waals surface area contributed by atoms with Crippen LogP contribution in [0.1, 0.15) is 32.1 Å². The fourth-order valence-electron chi connectivity index (χ4n) is 2.22. The van der Waals surface area contributed by atoms with E-state index in [1.807, 2.05) is 11.8 Å². The molecule has 2 atom stereocenters. The maximum absolute atomic E-state index is 11.9. The Balaban J connectivity index is 1.74. The van der Waals surface area contributed by atoms with Crippen molar-refractivity contribution < 1.29 is 4.79 Å². The van der Waals surface area contributed by atoms with Crippen LogP contribution in [0.3, 0.4) is 0 Å². The highest BCUT2D eigenvalue weighted by atomic mass is 32.2. The molecule has 2 saturated heterocycles. The molecule has 0 aromatic carbocycles. The van der Waals surface area contributed by atoms with Crippen LogP contribution < -0.4 is 10.6 Å². The van der Waals surface area contributed by atoms with Crippen molar-refractivity contribution in [1.82, 2.24) is 10.6 Å². The molecule has 2 N–H and O–H groups in total. The lowest BCUT2D eigenvalue weighted by Crippen LogP contribution is -2.48. The van der Waals surface area contributed by atoms with Gasteiger partial charge in [0.25, 0.3) is 0 Å². The van der Waals surface area contributed by atoms with Gasteiger partial charge >= 0.3 is 0 Å². The fraction of sp³-hybridized carbons (Fsp3) is 0.909. The summed E-state index contributed by atoms with van der Waals surface area (Å²) in [6.45, 7) is 2.05. The van der Waals surface area contributed by atoms with Crippen molar-refractivity contribution in [3.05, 3.63) is 0 Å². The van der Waals surface area contributed by atoms with Gasteiger partial charge in [-0.25, -0.2) is 0 Å². The maximum atomic E-state index is 11.9. The average molecular weight is 228 g/mol. The molecule has 0 aromatic rings. The zero-order chi connectivity index (χ0) is 10.5. The van der Waals surface area contributed by atoms with Gasteiger partial charge in [-0.05, 0) is 38.0 Å². The Kier molecular flexibility index (Phi) is 4.32. The van der Waals surface area contributed by atoms with Gasteiger partial charge in [0, 0.05) is 12.6 Å². The molecule has 86 valence electrons. The van der Waals surface area contributed by atoms with E-state index < -0.39 is 0 Å². The first-order valence-corrected chi connectivity index (χ1v) is 7.04. The van der Waals surface area contributed by atoms with Crippen molar-refractivity contribution in [3.63, 3.8) is 0 Å². The molecule has 2 aliphatic rings. The second kappa shape index (κ2) is 5.75. The highest BCUT2D eigenvalue weighted by Crippen LogP contribution is 2.25. The summed E-state index contributed by atoms with van der Waals surface area (Å²) in [5.74, 6) is 1.43. The van der Waals surface area contributed by atoms with Crippen LogP contribution in [0.4, 0.5) is 0 Å². The molecule has 0 aromatic heterocycles. The molecule has 0 radical (unpaired) electrons. The fourth-order valence-corrected chi connectivity index (χ4v) is 3.42. The predicted molar refractivity (Wildman–Crippen MR) is 64.1 cm³/mol. The molecule has 15 heavy (non-hydrogen) atoms. The molecule has 2 rings (SSSR count). The van der Waals surface area contributed by atoms with Gasteiger partial charge in [-0.15, -0.1) is 11.8 Å². The van der Waals surface area contributed by atoms with Crippen LogP contribution in [0, 0.1) is 0 Å². The standard InChI is InChI=1S/C11H20N2OS/c14-11(10-5-1-2-7-15-10)13-9-4-3-6-12-8-9/h9-10,12H,1-8H2,(H,13,14)/t9-,10?/m0/s1. The van der Waals surface area contributed by atoms with Crippen LogP contribution in [0.15, 0.2) is 0 Å². The van der Waals surface area contributed by atoms with Crippen molar-refractivity contribution >= 4 is 17.7 Å². The highest BCUT2D eigenvalue weighted by Gasteiger charge is 2.24. The van der Waals surface area contributed by atoms with Gasteiger partial charge in [0.1, 0.15) is 0 Å². The normalized spacial score (nSPS) is 32.3. The first-order valence-electron chi connectivity index (χ1n) is 5.99. The number of carbonyl (C=O) groups is 1. The Hall–Kier alpha value is -0.220. The summed E-state index contributed by atoms with van der Waals surface area (Å²) in [5, 5.41) is 6.71. The van der Waals surface area contributed by atoms with Crippen LogP contribution in [0.2, 0.25) is 0 Å². The average Bonchev–Trinajstić information content (AvgIpc) is 2.31. The van der Waals surface area contributed by atoms with Gasteiger partial charge in [-0.2, -0.15) is 0 Å².